The first-order valence-corrected chi connectivity index (χ1v) is 8.25. The molecule has 5 heteroatoms. The van der Waals surface area contributed by atoms with E-state index in [1.807, 2.05) is 38.1 Å². The molecule has 0 saturated carbocycles. The summed E-state index contributed by atoms with van der Waals surface area (Å²) in [6.45, 7) is 4.37. The van der Waals surface area contributed by atoms with Crippen molar-refractivity contribution in [2.75, 3.05) is 11.8 Å². The van der Waals surface area contributed by atoms with Gasteiger partial charge in [-0.15, -0.1) is 0 Å². The lowest BCUT2D eigenvalue weighted by molar-refractivity contribution is 0.599. The number of anilines is 1. The highest BCUT2D eigenvalue weighted by Gasteiger charge is 2.18. The van der Waals surface area contributed by atoms with Gasteiger partial charge in [0.1, 0.15) is 0 Å². The number of hydrogen-bond donors (Lipinski definition) is 2. The minimum absolute atomic E-state index is 0.306. The summed E-state index contributed by atoms with van der Waals surface area (Å²) in [4.78, 5) is 0.306. The maximum atomic E-state index is 12.6. The van der Waals surface area contributed by atoms with Crippen LogP contribution in [0.2, 0.25) is 0 Å². The number of rotatable bonds is 5. The van der Waals surface area contributed by atoms with E-state index in [1.54, 1.807) is 25.2 Å². The number of hydrogen-bond acceptors (Lipinski definition) is 3. The van der Waals surface area contributed by atoms with Gasteiger partial charge in [0.15, 0.2) is 0 Å². The third-order valence-electron chi connectivity index (χ3n) is 3.48. The third kappa shape index (κ3) is 3.43. The van der Waals surface area contributed by atoms with E-state index in [9.17, 15) is 8.42 Å². The quantitative estimate of drug-likeness (QED) is 0.893. The van der Waals surface area contributed by atoms with Crippen molar-refractivity contribution < 1.29 is 8.42 Å². The Morgan fingerprint density at radius 1 is 1.00 bits per heavy atom. The van der Waals surface area contributed by atoms with Gasteiger partial charge in [-0.3, -0.25) is 4.72 Å². The summed E-state index contributed by atoms with van der Waals surface area (Å²) < 4.78 is 27.9. The van der Waals surface area contributed by atoms with E-state index in [2.05, 4.69) is 10.0 Å². The summed E-state index contributed by atoms with van der Waals surface area (Å²) in [5, 5.41) is 2.99. The molecule has 2 aromatic rings. The number of nitrogens with one attached hydrogen (secondary N) is 2. The summed E-state index contributed by atoms with van der Waals surface area (Å²) in [5.74, 6) is 0. The molecule has 0 fully saturated rings. The monoisotopic (exact) mass is 304 g/mol. The fraction of sp³-hybridized carbons (Fsp3) is 0.250. The van der Waals surface area contributed by atoms with E-state index >= 15 is 0 Å². The van der Waals surface area contributed by atoms with E-state index in [0.29, 0.717) is 17.1 Å². The molecule has 0 atom stereocenters. The topological polar surface area (TPSA) is 58.2 Å². The fourth-order valence-corrected chi connectivity index (χ4v) is 3.53. The zero-order valence-electron chi connectivity index (χ0n) is 12.5. The van der Waals surface area contributed by atoms with Crippen LogP contribution in [0.5, 0.6) is 0 Å². The maximum absolute atomic E-state index is 12.6. The largest absolute Gasteiger partial charge is 0.316 e. The molecule has 0 aliphatic rings. The fourth-order valence-electron chi connectivity index (χ4n) is 2.16. The Morgan fingerprint density at radius 2 is 1.71 bits per heavy atom. The van der Waals surface area contributed by atoms with Gasteiger partial charge in [-0.05, 0) is 49.7 Å². The van der Waals surface area contributed by atoms with Gasteiger partial charge in [-0.1, -0.05) is 30.3 Å². The summed E-state index contributed by atoms with van der Waals surface area (Å²) in [6, 6.07) is 12.6. The molecule has 0 spiro atoms. The van der Waals surface area contributed by atoms with Crippen LogP contribution in [0.3, 0.4) is 0 Å². The highest BCUT2D eigenvalue weighted by atomic mass is 32.2. The molecule has 2 N–H and O–H groups in total. The van der Waals surface area contributed by atoms with E-state index < -0.39 is 10.0 Å². The summed E-state index contributed by atoms with van der Waals surface area (Å²) in [6.07, 6.45) is 0. The molecule has 21 heavy (non-hydrogen) atoms. The minimum Gasteiger partial charge on any atom is -0.316 e. The van der Waals surface area contributed by atoms with Crippen molar-refractivity contribution in [3.63, 3.8) is 0 Å². The van der Waals surface area contributed by atoms with E-state index in [1.165, 1.54) is 0 Å². The predicted octanol–water partition coefficient (Wildman–Crippen LogP) is 2.82. The molecule has 2 aromatic carbocycles. The van der Waals surface area contributed by atoms with E-state index in [-0.39, 0.29) is 0 Å². The molecule has 0 bridgehead atoms. The van der Waals surface area contributed by atoms with Crippen molar-refractivity contribution in [2.45, 2.75) is 25.3 Å². The molecule has 4 nitrogen and oxygen atoms in total. The molecule has 0 unspecified atom stereocenters. The highest BCUT2D eigenvalue weighted by molar-refractivity contribution is 7.92. The zero-order valence-corrected chi connectivity index (χ0v) is 13.3. The van der Waals surface area contributed by atoms with Gasteiger partial charge >= 0.3 is 0 Å². The normalized spacial score (nSPS) is 11.4. The van der Waals surface area contributed by atoms with Gasteiger partial charge in [-0.25, -0.2) is 8.42 Å². The van der Waals surface area contributed by atoms with Crippen molar-refractivity contribution >= 4 is 15.7 Å². The minimum atomic E-state index is -3.60. The molecular weight excluding hydrogens is 284 g/mol. The first-order chi connectivity index (χ1) is 9.95. The van der Waals surface area contributed by atoms with Gasteiger partial charge in [0.2, 0.25) is 0 Å². The summed E-state index contributed by atoms with van der Waals surface area (Å²) in [7, 11) is -1.80. The summed E-state index contributed by atoms with van der Waals surface area (Å²) >= 11 is 0. The lowest BCUT2D eigenvalue weighted by Crippen LogP contribution is -2.18. The first kappa shape index (κ1) is 15.5. The molecule has 0 aromatic heterocycles. The summed E-state index contributed by atoms with van der Waals surface area (Å²) in [5.41, 5.74) is 3.36. The number of sulfonamides is 1. The second kappa shape index (κ2) is 6.28. The first-order valence-electron chi connectivity index (χ1n) is 6.77. The SMILES string of the molecule is CNCc1ccccc1S(=O)(=O)Nc1cccc(C)c1C. The molecule has 0 saturated heterocycles. The number of aryl methyl sites for hydroxylation is 1. The van der Waals surface area contributed by atoms with Crippen LogP contribution in [0, 0.1) is 13.8 Å². The van der Waals surface area contributed by atoms with Crippen molar-refractivity contribution in [1.82, 2.24) is 5.32 Å². The van der Waals surface area contributed by atoms with Crippen molar-refractivity contribution in [1.29, 1.82) is 0 Å². The molecule has 0 amide bonds. The maximum Gasteiger partial charge on any atom is 0.262 e. The van der Waals surface area contributed by atoms with Crippen LogP contribution in [0.1, 0.15) is 16.7 Å². The Morgan fingerprint density at radius 3 is 2.43 bits per heavy atom. The Balaban J connectivity index is 2.41. The van der Waals surface area contributed by atoms with Gasteiger partial charge in [0.05, 0.1) is 10.6 Å². The molecule has 112 valence electrons. The molecule has 0 aliphatic carbocycles. The van der Waals surface area contributed by atoms with Crippen molar-refractivity contribution in [2.24, 2.45) is 0 Å². The van der Waals surface area contributed by atoms with E-state index in [4.69, 9.17) is 0 Å². The van der Waals surface area contributed by atoms with Gasteiger partial charge in [0, 0.05) is 6.54 Å². The highest BCUT2D eigenvalue weighted by Crippen LogP contribution is 2.23. The van der Waals surface area contributed by atoms with Crippen LogP contribution in [0.25, 0.3) is 0 Å². The van der Waals surface area contributed by atoms with Crippen LogP contribution in [-0.2, 0) is 16.6 Å². The molecule has 0 radical (unpaired) electrons. The molecule has 2 rings (SSSR count). The number of benzene rings is 2. The lowest BCUT2D eigenvalue weighted by atomic mass is 10.1. The van der Waals surface area contributed by atoms with Crippen LogP contribution in [0.15, 0.2) is 47.4 Å². The van der Waals surface area contributed by atoms with E-state index in [0.717, 1.165) is 16.7 Å². The molecule has 0 heterocycles. The van der Waals surface area contributed by atoms with Crippen LogP contribution in [-0.4, -0.2) is 15.5 Å². The zero-order chi connectivity index (χ0) is 15.5. The average Bonchev–Trinajstić information content (AvgIpc) is 2.44. The van der Waals surface area contributed by atoms with Gasteiger partial charge in [0.25, 0.3) is 10.0 Å². The third-order valence-corrected chi connectivity index (χ3v) is 4.94. The van der Waals surface area contributed by atoms with Crippen molar-refractivity contribution in [3.05, 3.63) is 59.2 Å². The smallest absolute Gasteiger partial charge is 0.262 e. The van der Waals surface area contributed by atoms with Crippen LogP contribution >= 0.6 is 0 Å². The standard InChI is InChI=1S/C16H20N2O2S/c1-12-7-6-9-15(13(12)2)18-21(19,20)16-10-5-4-8-14(16)11-17-3/h4-10,17-18H,11H2,1-3H3. The Labute approximate surface area is 126 Å². The van der Waals surface area contributed by atoms with Crippen LogP contribution in [0.4, 0.5) is 5.69 Å². The Hall–Kier alpha value is -1.85. The lowest BCUT2D eigenvalue weighted by Gasteiger charge is -2.14. The second-order valence-electron chi connectivity index (χ2n) is 4.99. The van der Waals surface area contributed by atoms with Crippen molar-refractivity contribution in [3.8, 4) is 0 Å². The Bertz CT molecular complexity index is 740. The average molecular weight is 304 g/mol. The predicted molar refractivity (Wildman–Crippen MR) is 85.9 cm³/mol. The Kier molecular flexibility index (Phi) is 4.65. The molecule has 0 aliphatic heterocycles. The second-order valence-corrected chi connectivity index (χ2v) is 6.64. The van der Waals surface area contributed by atoms with Gasteiger partial charge in [-0.2, -0.15) is 0 Å². The van der Waals surface area contributed by atoms with Gasteiger partial charge < -0.3 is 5.32 Å². The van der Waals surface area contributed by atoms with Crippen LogP contribution < -0.4 is 10.0 Å². The molecular formula is C16H20N2O2S.